The number of nitrogens with zero attached hydrogens (tertiary/aromatic N) is 2. The average molecular weight is 273 g/mol. The highest BCUT2D eigenvalue weighted by atomic mass is 16.5. The standard InChI is InChI=1S/C16H23N3O/c1-12-18-15(20-19-12)9-10-17-11-13-5-7-14(8-6-13)16(2,3)4/h5-8,17H,9-11H2,1-4H3. The van der Waals surface area contributed by atoms with Gasteiger partial charge in [-0.25, -0.2) is 0 Å². The first kappa shape index (κ1) is 14.7. The Morgan fingerprint density at radius 2 is 1.85 bits per heavy atom. The minimum Gasteiger partial charge on any atom is -0.339 e. The summed E-state index contributed by atoms with van der Waals surface area (Å²) >= 11 is 0. The number of aromatic nitrogens is 2. The maximum absolute atomic E-state index is 5.07. The molecule has 0 saturated heterocycles. The van der Waals surface area contributed by atoms with Gasteiger partial charge in [0, 0.05) is 19.5 Å². The van der Waals surface area contributed by atoms with E-state index in [9.17, 15) is 0 Å². The quantitative estimate of drug-likeness (QED) is 0.851. The average Bonchev–Trinajstić information content (AvgIpc) is 2.80. The van der Waals surface area contributed by atoms with Gasteiger partial charge >= 0.3 is 0 Å². The molecule has 0 spiro atoms. The van der Waals surface area contributed by atoms with Gasteiger partial charge in [0.15, 0.2) is 5.82 Å². The highest BCUT2D eigenvalue weighted by Crippen LogP contribution is 2.22. The van der Waals surface area contributed by atoms with Gasteiger partial charge in [-0.3, -0.25) is 0 Å². The molecule has 1 heterocycles. The molecule has 2 rings (SSSR count). The predicted molar refractivity (Wildman–Crippen MR) is 79.6 cm³/mol. The molecule has 0 aliphatic heterocycles. The van der Waals surface area contributed by atoms with Gasteiger partial charge < -0.3 is 9.84 Å². The highest BCUT2D eigenvalue weighted by molar-refractivity contribution is 5.27. The Labute approximate surface area is 120 Å². The van der Waals surface area contributed by atoms with Crippen LogP contribution in [0.4, 0.5) is 0 Å². The van der Waals surface area contributed by atoms with E-state index in [0.29, 0.717) is 11.7 Å². The van der Waals surface area contributed by atoms with Gasteiger partial charge in [0.2, 0.25) is 5.89 Å². The molecule has 1 N–H and O–H groups in total. The molecule has 1 aromatic carbocycles. The van der Waals surface area contributed by atoms with Crippen molar-refractivity contribution in [2.45, 2.75) is 46.1 Å². The van der Waals surface area contributed by atoms with Crippen LogP contribution in [-0.4, -0.2) is 16.7 Å². The van der Waals surface area contributed by atoms with Crippen molar-refractivity contribution in [2.24, 2.45) is 0 Å². The molecule has 2 aromatic rings. The summed E-state index contributed by atoms with van der Waals surface area (Å²) in [6, 6.07) is 8.78. The lowest BCUT2D eigenvalue weighted by molar-refractivity contribution is 0.372. The zero-order valence-electron chi connectivity index (χ0n) is 12.7. The summed E-state index contributed by atoms with van der Waals surface area (Å²) in [5.74, 6) is 1.39. The van der Waals surface area contributed by atoms with Gasteiger partial charge in [-0.05, 0) is 23.5 Å². The molecule has 4 heteroatoms. The van der Waals surface area contributed by atoms with Crippen LogP contribution < -0.4 is 5.32 Å². The van der Waals surface area contributed by atoms with Crippen LogP contribution in [0.3, 0.4) is 0 Å². The predicted octanol–water partition coefficient (Wildman–Crippen LogP) is 3.01. The van der Waals surface area contributed by atoms with E-state index in [2.05, 4.69) is 60.5 Å². The Morgan fingerprint density at radius 3 is 2.40 bits per heavy atom. The molecule has 1 aromatic heterocycles. The van der Waals surface area contributed by atoms with E-state index in [1.165, 1.54) is 11.1 Å². The summed E-state index contributed by atoms with van der Waals surface area (Å²) in [6.07, 6.45) is 0.765. The van der Waals surface area contributed by atoms with E-state index in [-0.39, 0.29) is 5.41 Å². The van der Waals surface area contributed by atoms with E-state index in [1.807, 2.05) is 6.92 Å². The van der Waals surface area contributed by atoms with Crippen molar-refractivity contribution >= 4 is 0 Å². The normalized spacial score (nSPS) is 11.8. The van der Waals surface area contributed by atoms with Gasteiger partial charge in [0.1, 0.15) is 0 Å². The van der Waals surface area contributed by atoms with Crippen molar-refractivity contribution in [3.05, 3.63) is 47.1 Å². The maximum atomic E-state index is 5.07. The van der Waals surface area contributed by atoms with E-state index in [1.54, 1.807) is 0 Å². The molecule has 0 amide bonds. The molecule has 0 aliphatic carbocycles. The highest BCUT2D eigenvalue weighted by Gasteiger charge is 2.12. The summed E-state index contributed by atoms with van der Waals surface area (Å²) in [5.41, 5.74) is 2.86. The molecule has 0 saturated carbocycles. The largest absolute Gasteiger partial charge is 0.339 e. The zero-order valence-corrected chi connectivity index (χ0v) is 12.7. The Hall–Kier alpha value is -1.68. The third kappa shape index (κ3) is 4.17. The van der Waals surface area contributed by atoms with E-state index >= 15 is 0 Å². The SMILES string of the molecule is Cc1noc(CCNCc2ccc(C(C)(C)C)cc2)n1. The van der Waals surface area contributed by atoms with Crippen molar-refractivity contribution in [1.82, 2.24) is 15.5 Å². The van der Waals surface area contributed by atoms with Gasteiger partial charge in [-0.2, -0.15) is 4.98 Å². The van der Waals surface area contributed by atoms with Crippen LogP contribution in [0.15, 0.2) is 28.8 Å². The fourth-order valence-electron chi connectivity index (χ4n) is 1.99. The molecule has 0 fully saturated rings. The number of rotatable bonds is 5. The lowest BCUT2D eigenvalue weighted by Gasteiger charge is -2.19. The Bertz CT molecular complexity index is 538. The summed E-state index contributed by atoms with van der Waals surface area (Å²) in [7, 11) is 0. The Balaban J connectivity index is 1.77. The second kappa shape index (κ2) is 6.18. The number of aryl methyl sites for hydroxylation is 1. The Morgan fingerprint density at radius 1 is 1.15 bits per heavy atom. The number of nitrogens with one attached hydrogen (secondary N) is 1. The lowest BCUT2D eigenvalue weighted by atomic mass is 9.87. The number of hydrogen-bond donors (Lipinski definition) is 1. The third-order valence-corrected chi connectivity index (χ3v) is 3.23. The van der Waals surface area contributed by atoms with Crippen LogP contribution in [0.25, 0.3) is 0 Å². The van der Waals surface area contributed by atoms with Crippen LogP contribution in [-0.2, 0) is 18.4 Å². The minimum atomic E-state index is 0.210. The molecule has 0 atom stereocenters. The van der Waals surface area contributed by atoms with Gasteiger partial charge in [-0.1, -0.05) is 50.2 Å². The summed E-state index contributed by atoms with van der Waals surface area (Å²) < 4.78 is 5.07. The van der Waals surface area contributed by atoms with E-state index < -0.39 is 0 Å². The Kier molecular flexibility index (Phi) is 4.55. The smallest absolute Gasteiger partial charge is 0.227 e. The van der Waals surface area contributed by atoms with Crippen molar-refractivity contribution in [1.29, 1.82) is 0 Å². The molecule has 0 radical (unpaired) electrons. The van der Waals surface area contributed by atoms with Gasteiger partial charge in [0.05, 0.1) is 0 Å². The van der Waals surface area contributed by atoms with E-state index in [4.69, 9.17) is 4.52 Å². The second-order valence-corrected chi connectivity index (χ2v) is 6.11. The molecule has 108 valence electrons. The molecule has 0 bridgehead atoms. The molecule has 20 heavy (non-hydrogen) atoms. The van der Waals surface area contributed by atoms with Crippen molar-refractivity contribution in [3.63, 3.8) is 0 Å². The molecule has 0 unspecified atom stereocenters. The molecular formula is C16H23N3O. The summed E-state index contributed by atoms with van der Waals surface area (Å²) in [6.45, 7) is 10.2. The number of benzene rings is 1. The monoisotopic (exact) mass is 273 g/mol. The topological polar surface area (TPSA) is 51.0 Å². The van der Waals surface area contributed by atoms with E-state index in [0.717, 1.165) is 19.5 Å². The van der Waals surface area contributed by atoms with Crippen LogP contribution in [0.2, 0.25) is 0 Å². The van der Waals surface area contributed by atoms with Crippen LogP contribution in [0.1, 0.15) is 43.6 Å². The van der Waals surface area contributed by atoms with Crippen molar-refractivity contribution in [2.75, 3.05) is 6.54 Å². The fourth-order valence-corrected chi connectivity index (χ4v) is 1.99. The second-order valence-electron chi connectivity index (χ2n) is 6.11. The summed E-state index contributed by atoms with van der Waals surface area (Å²) in [5, 5.41) is 7.16. The third-order valence-electron chi connectivity index (χ3n) is 3.23. The minimum absolute atomic E-state index is 0.210. The summed E-state index contributed by atoms with van der Waals surface area (Å²) in [4.78, 5) is 4.18. The lowest BCUT2D eigenvalue weighted by Crippen LogP contribution is -2.17. The molecule has 4 nitrogen and oxygen atoms in total. The van der Waals surface area contributed by atoms with Crippen LogP contribution >= 0.6 is 0 Å². The molecule has 0 aliphatic rings. The van der Waals surface area contributed by atoms with Crippen molar-refractivity contribution < 1.29 is 4.52 Å². The first-order valence-electron chi connectivity index (χ1n) is 7.04. The first-order chi connectivity index (χ1) is 9.45. The fraction of sp³-hybridized carbons (Fsp3) is 0.500. The van der Waals surface area contributed by atoms with Gasteiger partial charge in [0.25, 0.3) is 0 Å². The first-order valence-corrected chi connectivity index (χ1v) is 7.04. The van der Waals surface area contributed by atoms with Crippen molar-refractivity contribution in [3.8, 4) is 0 Å². The molecular weight excluding hydrogens is 250 g/mol. The zero-order chi connectivity index (χ0) is 14.6. The van der Waals surface area contributed by atoms with Crippen LogP contribution in [0, 0.1) is 6.92 Å². The van der Waals surface area contributed by atoms with Crippen LogP contribution in [0.5, 0.6) is 0 Å². The number of hydrogen-bond acceptors (Lipinski definition) is 4. The van der Waals surface area contributed by atoms with Gasteiger partial charge in [-0.15, -0.1) is 0 Å². The maximum Gasteiger partial charge on any atom is 0.227 e.